The molecule has 2 heterocycles. The van der Waals surface area contributed by atoms with Gasteiger partial charge in [-0.1, -0.05) is 78.3 Å². The third kappa shape index (κ3) is 12.4. The highest BCUT2D eigenvalue weighted by atomic mass is 35.5. The molecule has 0 saturated heterocycles. The molecule has 0 bridgehead atoms. The van der Waals surface area contributed by atoms with Gasteiger partial charge in [-0.3, -0.25) is 0 Å². The second-order valence-electron chi connectivity index (χ2n) is 12.4. The molecule has 0 saturated carbocycles. The van der Waals surface area contributed by atoms with Crippen LogP contribution in [0.25, 0.3) is 22.5 Å². The van der Waals surface area contributed by atoms with Crippen molar-refractivity contribution in [3.8, 4) is 28.3 Å². The van der Waals surface area contributed by atoms with Crippen LogP contribution >= 0.6 is 11.6 Å². The van der Waals surface area contributed by atoms with Gasteiger partial charge < -0.3 is 4.74 Å². The van der Waals surface area contributed by atoms with Gasteiger partial charge in [0.2, 0.25) is 10.0 Å². The van der Waals surface area contributed by atoms with Gasteiger partial charge in [-0.15, -0.1) is 5.10 Å². The van der Waals surface area contributed by atoms with Crippen LogP contribution in [-0.4, -0.2) is 52.1 Å². The number of nitrogens with zero attached hydrogens (tertiary/aromatic N) is 4. The van der Waals surface area contributed by atoms with Crippen LogP contribution in [0.3, 0.4) is 0 Å². The van der Waals surface area contributed by atoms with Crippen molar-refractivity contribution in [3.63, 3.8) is 0 Å². The van der Waals surface area contributed by atoms with Crippen LogP contribution in [0.4, 0.5) is 22.0 Å². The summed E-state index contributed by atoms with van der Waals surface area (Å²) >= 11 is 5.83. The molecule has 0 fully saturated rings. The lowest BCUT2D eigenvalue weighted by atomic mass is 10.1. The summed E-state index contributed by atoms with van der Waals surface area (Å²) in [6.07, 6.45) is -7.57. The largest absolute Gasteiger partial charge is 0.497 e. The molecule has 5 aromatic carbocycles. The van der Waals surface area contributed by atoms with Gasteiger partial charge in [-0.05, 0) is 84.9 Å². The minimum absolute atomic E-state index is 0.00819. The molecule has 0 radical (unpaired) electrons. The van der Waals surface area contributed by atoms with E-state index in [9.17, 15) is 47.2 Å². The zero-order valence-electron chi connectivity index (χ0n) is 31.7. The molecule has 0 amide bonds. The molecular formula is C39H33ClF5N7O7S3. The fourth-order valence-corrected chi connectivity index (χ4v) is 7.74. The highest BCUT2D eigenvalue weighted by molar-refractivity contribution is 7.92. The van der Waals surface area contributed by atoms with E-state index in [-0.39, 0.29) is 26.1 Å². The number of nitrogens with one attached hydrogen (secondary N) is 2. The van der Waals surface area contributed by atoms with E-state index in [1.54, 1.807) is 78.9 Å². The summed E-state index contributed by atoms with van der Waals surface area (Å²) in [7, 11) is -10.2. The van der Waals surface area contributed by atoms with E-state index in [1.165, 1.54) is 67.8 Å². The van der Waals surface area contributed by atoms with Gasteiger partial charge in [0.15, 0.2) is 5.69 Å². The smallest absolute Gasteiger partial charge is 0.435 e. The molecule has 0 aliphatic rings. The van der Waals surface area contributed by atoms with Crippen LogP contribution < -0.4 is 19.5 Å². The Morgan fingerprint density at radius 2 is 1.02 bits per heavy atom. The van der Waals surface area contributed by atoms with Crippen LogP contribution in [-0.2, 0) is 36.2 Å². The molecule has 0 atom stereocenters. The van der Waals surface area contributed by atoms with E-state index in [1.807, 2.05) is 0 Å². The average molecular weight is 938 g/mol. The van der Waals surface area contributed by atoms with Gasteiger partial charge in [0.25, 0.3) is 26.5 Å². The zero-order chi connectivity index (χ0) is 45.3. The fourth-order valence-electron chi connectivity index (χ4n) is 5.10. The fraction of sp³-hybridized carbons (Fsp3) is 0.0769. The quantitative estimate of drug-likeness (QED) is 0.108. The van der Waals surface area contributed by atoms with Crippen molar-refractivity contribution in [2.24, 2.45) is 5.14 Å². The maximum atomic E-state index is 13.1. The normalized spacial score (nSPS) is 11.8. The summed E-state index contributed by atoms with van der Waals surface area (Å²) in [6.45, 7) is 0. The summed E-state index contributed by atoms with van der Waals surface area (Å²) in [4.78, 5) is 5.74. The average Bonchev–Trinajstić information content (AvgIpc) is 3.87. The third-order valence-corrected chi connectivity index (χ3v) is 11.9. The second kappa shape index (κ2) is 19.6. The Morgan fingerprint density at radius 3 is 1.40 bits per heavy atom. The van der Waals surface area contributed by atoms with E-state index in [0.29, 0.717) is 26.7 Å². The molecule has 7 rings (SSSR count). The highest BCUT2D eigenvalue weighted by Gasteiger charge is 2.36. The van der Waals surface area contributed by atoms with Gasteiger partial charge in [0.1, 0.15) is 11.4 Å². The molecule has 0 unspecified atom stereocenters. The first kappa shape index (κ1) is 46.7. The lowest BCUT2D eigenvalue weighted by Gasteiger charge is -2.11. The zero-order valence-corrected chi connectivity index (χ0v) is 34.9. The predicted octanol–water partition coefficient (Wildman–Crippen LogP) is 7.92. The van der Waals surface area contributed by atoms with Gasteiger partial charge in [-0.25, -0.2) is 22.3 Å². The molecule has 0 aliphatic carbocycles. The van der Waals surface area contributed by atoms with E-state index in [2.05, 4.69) is 19.9 Å². The molecule has 0 aliphatic heterocycles. The van der Waals surface area contributed by atoms with Gasteiger partial charge >= 0.3 is 6.18 Å². The summed E-state index contributed by atoms with van der Waals surface area (Å²) in [6, 6.07) is 37.0. The lowest BCUT2D eigenvalue weighted by molar-refractivity contribution is -0.141. The number of rotatable bonds is 11. The second-order valence-corrected chi connectivity index (χ2v) is 17.7. The van der Waals surface area contributed by atoms with Crippen molar-refractivity contribution in [2.75, 3.05) is 16.8 Å². The van der Waals surface area contributed by atoms with Crippen molar-refractivity contribution >= 4 is 41.7 Å². The number of primary sulfonamides is 1. The van der Waals surface area contributed by atoms with Crippen molar-refractivity contribution in [3.05, 3.63) is 168 Å². The minimum Gasteiger partial charge on any atom is -0.497 e. The topological polar surface area (TPSA) is 197 Å². The number of halogens is 6. The van der Waals surface area contributed by atoms with Crippen molar-refractivity contribution in [2.45, 2.75) is 27.3 Å². The highest BCUT2D eigenvalue weighted by Crippen LogP contribution is 2.32. The maximum absolute atomic E-state index is 13.1. The number of sulfonamides is 3. The summed E-state index contributed by atoms with van der Waals surface area (Å²) in [5.41, 5.74) is -0.838. The number of aromatic nitrogens is 4. The Kier molecular flexibility index (Phi) is 14.8. The summed E-state index contributed by atoms with van der Waals surface area (Å²) in [5.74, 6) is 0.505. The molecular weight excluding hydrogens is 905 g/mol. The van der Waals surface area contributed by atoms with Crippen LogP contribution in [0.5, 0.6) is 5.75 Å². The van der Waals surface area contributed by atoms with Gasteiger partial charge in [0, 0.05) is 16.1 Å². The molecule has 0 spiro atoms. The van der Waals surface area contributed by atoms with E-state index < -0.39 is 54.1 Å². The Morgan fingerprint density at radius 1 is 0.613 bits per heavy atom. The first-order chi connectivity index (χ1) is 29.2. The first-order valence-corrected chi connectivity index (χ1v) is 22.3. The monoisotopic (exact) mass is 937 g/mol. The number of ether oxygens (including phenoxy) is 1. The van der Waals surface area contributed by atoms with Crippen molar-refractivity contribution < 1.29 is 51.9 Å². The lowest BCUT2D eigenvalue weighted by Crippen LogP contribution is -2.25. The number of alkyl halides is 5. The molecule has 2 aromatic heterocycles. The first-order valence-electron chi connectivity index (χ1n) is 17.4. The SMILES string of the molecule is COc1ccc(-c2cc(C(F)(F)F)nn2NS(=O)(=O)c2ccccc2)cc1.NS(=O)(=O)c1ccccc1.O=S(=O)(Nn1nc(C(F)F)cc1-c1ccc(Cl)cc1)c1ccccc1. The molecule has 7 aromatic rings. The van der Waals surface area contributed by atoms with Gasteiger partial charge in [-0.2, -0.15) is 54.3 Å². The summed E-state index contributed by atoms with van der Waals surface area (Å²) in [5, 5.41) is 12.3. The number of nitrogens with two attached hydrogens (primary N) is 1. The van der Waals surface area contributed by atoms with Crippen LogP contribution in [0.1, 0.15) is 17.8 Å². The Balaban J connectivity index is 0.000000193. The van der Waals surface area contributed by atoms with Crippen molar-refractivity contribution in [1.82, 2.24) is 19.8 Å². The maximum Gasteiger partial charge on any atom is 0.435 e. The molecule has 14 nitrogen and oxygen atoms in total. The molecule has 326 valence electrons. The Bertz CT molecular complexity index is 2910. The third-order valence-electron chi connectivity index (χ3n) is 8.07. The number of methoxy groups -OCH3 is 1. The van der Waals surface area contributed by atoms with Gasteiger partial charge in [0.05, 0.1) is 33.2 Å². The molecule has 23 heteroatoms. The Hall–Kier alpha value is -6.33. The Labute approximate surface area is 357 Å². The van der Waals surface area contributed by atoms with E-state index >= 15 is 0 Å². The molecule has 4 N–H and O–H groups in total. The molecule has 62 heavy (non-hydrogen) atoms. The minimum atomic E-state index is -4.73. The summed E-state index contributed by atoms with van der Waals surface area (Å²) < 4.78 is 141. The van der Waals surface area contributed by atoms with Crippen LogP contribution in [0.2, 0.25) is 5.02 Å². The predicted molar refractivity (Wildman–Crippen MR) is 221 cm³/mol. The standard InChI is InChI=1S/C17H14F3N3O3S.C16H12ClF2N3O2S.C6H7NO2S/c1-26-13-9-7-12(8-10-13)15-11-16(17(18,19)20)21-23(15)22-27(24,25)14-5-3-2-4-6-14;17-12-8-6-11(7-9-12)15-10-14(16(18)19)20-22(15)21-25(23,24)13-4-2-1-3-5-13;7-10(8,9)6-4-2-1-3-5-6/h2-11,22H,1H3;1-10,16,21H;1-5H,(H2,7,8,9). The number of hydrogen-bond acceptors (Lipinski definition) is 9. The number of benzene rings is 5. The van der Waals surface area contributed by atoms with Crippen molar-refractivity contribution in [1.29, 1.82) is 0 Å². The van der Waals surface area contributed by atoms with E-state index in [4.69, 9.17) is 21.5 Å². The van der Waals surface area contributed by atoms with E-state index in [0.717, 1.165) is 16.9 Å². The number of hydrogen-bond donors (Lipinski definition) is 3. The van der Waals surface area contributed by atoms with Crippen LogP contribution in [0, 0.1) is 0 Å². The van der Waals surface area contributed by atoms with Crippen LogP contribution in [0.15, 0.2) is 166 Å².